The maximum absolute atomic E-state index is 13.5. The third-order valence-corrected chi connectivity index (χ3v) is 14.2. The van der Waals surface area contributed by atoms with E-state index in [4.69, 9.17) is 14.1 Å². The molecule has 1 amide bonds. The van der Waals surface area contributed by atoms with Crippen LogP contribution >= 0.6 is 0 Å². The third-order valence-electron chi connectivity index (χ3n) is 8.65. The number of sulfone groups is 1. The van der Waals surface area contributed by atoms with Gasteiger partial charge in [-0.15, -0.1) is 0 Å². The van der Waals surface area contributed by atoms with Crippen molar-refractivity contribution in [2.45, 2.75) is 89.4 Å². The highest BCUT2D eigenvalue weighted by Gasteiger charge is 2.47. The summed E-state index contributed by atoms with van der Waals surface area (Å²) >= 11 is 0. The number of aromatic nitrogens is 2. The van der Waals surface area contributed by atoms with Crippen LogP contribution in [0, 0.1) is 18.3 Å². The van der Waals surface area contributed by atoms with E-state index in [1.807, 2.05) is 33.8 Å². The average molecular weight is 664 g/mol. The Morgan fingerprint density at radius 3 is 2.37 bits per heavy atom. The summed E-state index contributed by atoms with van der Waals surface area (Å²) < 4.78 is 36.5. The summed E-state index contributed by atoms with van der Waals surface area (Å²) in [6, 6.07) is 12.6. The molecule has 46 heavy (non-hydrogen) atoms. The van der Waals surface area contributed by atoms with E-state index in [9.17, 15) is 18.5 Å². The van der Waals surface area contributed by atoms with E-state index in [1.165, 1.54) is 12.3 Å². The molecule has 246 valence electrons. The number of nitrogens with one attached hydrogen (secondary N) is 1. The van der Waals surface area contributed by atoms with Gasteiger partial charge in [-0.1, -0.05) is 27.7 Å². The van der Waals surface area contributed by atoms with Gasteiger partial charge in [-0.25, -0.2) is 23.2 Å². The van der Waals surface area contributed by atoms with Gasteiger partial charge >= 0.3 is 6.09 Å². The Morgan fingerprint density at radius 2 is 1.80 bits per heavy atom. The summed E-state index contributed by atoms with van der Waals surface area (Å²) in [4.78, 5) is 24.4. The number of nitrogens with zero attached hydrogens (tertiary/aromatic N) is 4. The van der Waals surface area contributed by atoms with Crippen LogP contribution in [0.1, 0.15) is 65.2 Å². The molecule has 0 saturated carbocycles. The summed E-state index contributed by atoms with van der Waals surface area (Å²) in [6.07, 6.45) is 2.28. The monoisotopic (exact) mass is 663 g/mol. The predicted octanol–water partition coefficient (Wildman–Crippen LogP) is 7.51. The Balaban J connectivity index is 1.78. The van der Waals surface area contributed by atoms with Gasteiger partial charge < -0.3 is 14.5 Å². The lowest BCUT2D eigenvalue weighted by atomic mass is 9.83. The molecular weight excluding hydrogens is 619 g/mol. The smallest absolute Gasteiger partial charge is 0.414 e. The van der Waals surface area contributed by atoms with Crippen LogP contribution in [-0.2, 0) is 24.4 Å². The summed E-state index contributed by atoms with van der Waals surface area (Å²) in [5.74, 6) is 0.311. The van der Waals surface area contributed by atoms with Gasteiger partial charge in [0.2, 0.25) is 5.95 Å². The number of aryl methyl sites for hydroxylation is 1. The number of hydrogen-bond donors (Lipinski definition) is 1. The maximum atomic E-state index is 13.5. The molecule has 1 aromatic heterocycles. The van der Waals surface area contributed by atoms with Crippen LogP contribution in [0.4, 0.5) is 22.1 Å². The molecule has 1 aliphatic rings. The topological polar surface area (TPSA) is 135 Å². The van der Waals surface area contributed by atoms with Crippen molar-refractivity contribution in [3.63, 3.8) is 0 Å². The van der Waals surface area contributed by atoms with Crippen molar-refractivity contribution < 1.29 is 22.4 Å². The SMILES string of the molecule is Cc1cc(S(C)(=O)=O)ccc1Nc1nccc(-c2cc(C#N)c3c(c2)[C@@](C)(CO[Si](C)(C)C(C)(C)C)CN3C(=O)OC(C)(C)C)n1. The zero-order valence-corrected chi connectivity index (χ0v) is 30.5. The second-order valence-electron chi connectivity index (χ2n) is 14.8. The quantitative estimate of drug-likeness (QED) is 0.255. The number of nitriles is 1. The zero-order chi connectivity index (χ0) is 34.5. The summed E-state index contributed by atoms with van der Waals surface area (Å²) in [5.41, 5.74) is 2.97. The number of carbonyl (C=O) groups excluding carboxylic acids is 1. The van der Waals surface area contributed by atoms with E-state index in [0.717, 1.165) is 11.1 Å². The van der Waals surface area contributed by atoms with Crippen LogP contribution in [0.3, 0.4) is 0 Å². The van der Waals surface area contributed by atoms with Crippen molar-refractivity contribution in [1.82, 2.24) is 9.97 Å². The molecule has 0 spiro atoms. The van der Waals surface area contributed by atoms with Crippen molar-refractivity contribution >= 4 is 41.6 Å². The van der Waals surface area contributed by atoms with Crippen molar-refractivity contribution in [2.75, 3.05) is 29.6 Å². The van der Waals surface area contributed by atoms with Gasteiger partial charge in [0.25, 0.3) is 0 Å². The Bertz CT molecular complexity index is 1820. The highest BCUT2D eigenvalue weighted by atomic mass is 32.2. The minimum absolute atomic E-state index is 0.0108. The molecule has 12 heteroatoms. The fourth-order valence-electron chi connectivity index (χ4n) is 4.99. The number of ether oxygens (including phenoxy) is 1. The fourth-order valence-corrected chi connectivity index (χ4v) is 6.81. The maximum Gasteiger partial charge on any atom is 0.414 e. The van der Waals surface area contributed by atoms with Gasteiger partial charge in [0.1, 0.15) is 11.7 Å². The number of amides is 1. The van der Waals surface area contributed by atoms with Crippen LogP contribution in [0.2, 0.25) is 18.1 Å². The van der Waals surface area contributed by atoms with Gasteiger partial charge in [-0.2, -0.15) is 5.26 Å². The molecular formula is C34H45N5O5SSi. The van der Waals surface area contributed by atoms with E-state index in [0.29, 0.717) is 47.3 Å². The van der Waals surface area contributed by atoms with E-state index in [-0.39, 0.29) is 9.93 Å². The Hall–Kier alpha value is -3.79. The molecule has 0 unspecified atom stereocenters. The van der Waals surface area contributed by atoms with E-state index in [2.05, 4.69) is 57.2 Å². The molecule has 2 heterocycles. The molecule has 2 aromatic carbocycles. The minimum atomic E-state index is -3.34. The molecule has 1 aliphatic heterocycles. The van der Waals surface area contributed by atoms with Crippen molar-refractivity contribution in [3.8, 4) is 17.3 Å². The minimum Gasteiger partial charge on any atom is -0.443 e. The highest BCUT2D eigenvalue weighted by Crippen LogP contribution is 2.47. The van der Waals surface area contributed by atoms with Crippen LogP contribution in [0.5, 0.6) is 0 Å². The lowest BCUT2D eigenvalue weighted by Crippen LogP contribution is -2.46. The van der Waals surface area contributed by atoms with Gasteiger partial charge in [0.15, 0.2) is 18.2 Å². The van der Waals surface area contributed by atoms with Crippen LogP contribution in [-0.4, -0.2) is 57.8 Å². The van der Waals surface area contributed by atoms with Crippen molar-refractivity contribution in [3.05, 3.63) is 59.3 Å². The molecule has 10 nitrogen and oxygen atoms in total. The number of hydrogen-bond acceptors (Lipinski definition) is 9. The second-order valence-corrected chi connectivity index (χ2v) is 21.7. The Labute approximate surface area is 274 Å². The lowest BCUT2D eigenvalue weighted by molar-refractivity contribution is 0.0575. The van der Waals surface area contributed by atoms with Crippen LogP contribution < -0.4 is 10.2 Å². The molecule has 1 N–H and O–H groups in total. The Morgan fingerprint density at radius 1 is 1.13 bits per heavy atom. The number of anilines is 3. The number of benzene rings is 2. The highest BCUT2D eigenvalue weighted by molar-refractivity contribution is 7.90. The zero-order valence-electron chi connectivity index (χ0n) is 28.7. The normalized spacial score (nSPS) is 17.0. The molecule has 1 atom stereocenters. The number of fused-ring (bicyclic) bond motifs is 1. The van der Waals surface area contributed by atoms with Gasteiger partial charge in [0.05, 0.1) is 21.8 Å². The van der Waals surface area contributed by atoms with E-state index in [1.54, 1.807) is 35.4 Å². The summed E-state index contributed by atoms with van der Waals surface area (Å²) in [7, 11) is -5.50. The molecule has 0 aliphatic carbocycles. The Kier molecular flexibility index (Phi) is 9.22. The van der Waals surface area contributed by atoms with Gasteiger partial charge in [-0.3, -0.25) is 4.90 Å². The van der Waals surface area contributed by atoms with E-state index < -0.39 is 35.3 Å². The molecule has 0 saturated heterocycles. The third kappa shape index (κ3) is 7.43. The largest absolute Gasteiger partial charge is 0.443 e. The van der Waals surface area contributed by atoms with Crippen molar-refractivity contribution in [2.24, 2.45) is 0 Å². The molecule has 4 rings (SSSR count). The summed E-state index contributed by atoms with van der Waals surface area (Å²) in [5, 5.41) is 13.5. The first-order valence-corrected chi connectivity index (χ1v) is 20.0. The second kappa shape index (κ2) is 12.1. The first-order chi connectivity index (χ1) is 21.0. The van der Waals surface area contributed by atoms with Crippen LogP contribution in [0.25, 0.3) is 11.3 Å². The number of carbonyl (C=O) groups is 1. The van der Waals surface area contributed by atoms with Gasteiger partial charge in [0, 0.05) is 42.3 Å². The number of rotatable bonds is 7. The van der Waals surface area contributed by atoms with Gasteiger partial charge in [-0.05, 0) is 93.4 Å². The van der Waals surface area contributed by atoms with Crippen LogP contribution in [0.15, 0.2) is 47.5 Å². The predicted molar refractivity (Wildman–Crippen MR) is 184 cm³/mol. The average Bonchev–Trinajstić information content (AvgIpc) is 3.24. The molecule has 3 aromatic rings. The first-order valence-electron chi connectivity index (χ1n) is 15.2. The first kappa shape index (κ1) is 35.1. The standard InChI is InChI=1S/C34H45N5O5SSi/c1-22-16-25(45(9,41)42)12-13-27(22)37-30-36-15-14-28(38-30)23-17-24(19-35)29-26(18-23)34(8,21-43-46(10,11)33(5,6)7)20-39(29)31(40)44-32(2,3)4/h12-18H,20-21H2,1-11H3,(H,36,37,38)/t34-/m1/s1. The fraction of sp³-hybridized carbons (Fsp3) is 0.471. The molecule has 0 bridgehead atoms. The molecule has 0 radical (unpaired) electrons. The van der Waals surface area contributed by atoms with Crippen molar-refractivity contribution in [1.29, 1.82) is 5.26 Å². The van der Waals surface area contributed by atoms with E-state index >= 15 is 0 Å². The lowest BCUT2D eigenvalue weighted by Gasteiger charge is -2.39. The summed E-state index contributed by atoms with van der Waals surface area (Å²) in [6.45, 7) is 20.9. The molecule has 0 fully saturated rings.